The van der Waals surface area contributed by atoms with E-state index in [0.717, 1.165) is 16.0 Å². The molecular weight excluding hydrogens is 424 g/mol. The molecule has 6 nitrogen and oxygen atoms in total. The van der Waals surface area contributed by atoms with Gasteiger partial charge in [-0.2, -0.15) is 0 Å². The van der Waals surface area contributed by atoms with Crippen LogP contribution in [-0.2, 0) is 16.1 Å². The van der Waals surface area contributed by atoms with E-state index in [1.807, 2.05) is 66.7 Å². The molecule has 0 saturated carbocycles. The largest absolute Gasteiger partial charge is 0.487 e. The highest BCUT2D eigenvalue weighted by Gasteiger charge is 2.26. The van der Waals surface area contributed by atoms with Crippen LogP contribution in [0, 0.1) is 0 Å². The number of rotatable bonds is 7. The Morgan fingerprint density at radius 1 is 1.06 bits per heavy atom. The Hall–Kier alpha value is -3.16. The Morgan fingerprint density at radius 2 is 1.72 bits per heavy atom. The van der Waals surface area contributed by atoms with Crippen LogP contribution < -0.4 is 10.1 Å². The quantitative estimate of drug-likeness (QED) is 0.592. The Labute approximate surface area is 191 Å². The number of hydrogen-bond donors (Lipinski definition) is 1. The maximum atomic E-state index is 13.1. The van der Waals surface area contributed by atoms with E-state index in [4.69, 9.17) is 9.47 Å². The van der Waals surface area contributed by atoms with E-state index in [9.17, 15) is 9.59 Å². The monoisotopic (exact) mass is 450 g/mol. The molecule has 0 aliphatic carbocycles. The highest BCUT2D eigenvalue weighted by Crippen LogP contribution is 2.36. The van der Waals surface area contributed by atoms with Crippen LogP contribution in [0.1, 0.15) is 22.2 Å². The third-order valence-electron chi connectivity index (χ3n) is 5.24. The van der Waals surface area contributed by atoms with Gasteiger partial charge in [0.25, 0.3) is 5.91 Å². The van der Waals surface area contributed by atoms with Crippen molar-refractivity contribution >= 4 is 23.2 Å². The Balaban J connectivity index is 1.52. The average Bonchev–Trinajstić information content (AvgIpc) is 3.28. The van der Waals surface area contributed by atoms with Gasteiger partial charge in [0.1, 0.15) is 23.3 Å². The summed E-state index contributed by atoms with van der Waals surface area (Å²) in [4.78, 5) is 29.0. The second kappa shape index (κ2) is 10.4. The third-order valence-corrected chi connectivity index (χ3v) is 6.40. The summed E-state index contributed by atoms with van der Waals surface area (Å²) in [6.45, 7) is 4.20. The number of ether oxygens (including phenoxy) is 2. The van der Waals surface area contributed by atoms with E-state index in [1.54, 1.807) is 11.8 Å². The molecule has 2 aromatic carbocycles. The summed E-state index contributed by atoms with van der Waals surface area (Å²) in [5.41, 5.74) is 2.03. The molecule has 0 spiro atoms. The lowest BCUT2D eigenvalue weighted by atomic mass is 10.2. The zero-order valence-electron chi connectivity index (χ0n) is 18.0. The molecule has 1 unspecified atom stereocenters. The topological polar surface area (TPSA) is 67.9 Å². The summed E-state index contributed by atoms with van der Waals surface area (Å²) in [5, 5.41) is 2.86. The molecule has 166 valence electrons. The van der Waals surface area contributed by atoms with Gasteiger partial charge in [-0.25, -0.2) is 0 Å². The lowest BCUT2D eigenvalue weighted by molar-refractivity contribution is -0.136. The first kappa shape index (κ1) is 22.0. The summed E-state index contributed by atoms with van der Waals surface area (Å²) in [6, 6.07) is 21.0. The molecule has 1 saturated heterocycles. The van der Waals surface area contributed by atoms with Crippen LogP contribution >= 0.6 is 11.3 Å². The second-order valence-corrected chi connectivity index (χ2v) is 8.63. The predicted octanol–water partition coefficient (Wildman–Crippen LogP) is 3.97. The Bertz CT molecular complexity index is 1050. The van der Waals surface area contributed by atoms with Gasteiger partial charge in [-0.3, -0.25) is 9.59 Å². The van der Waals surface area contributed by atoms with Crippen LogP contribution in [0.4, 0.5) is 0 Å². The van der Waals surface area contributed by atoms with Gasteiger partial charge >= 0.3 is 0 Å². The molecule has 1 aromatic heterocycles. The molecule has 1 fully saturated rings. The number of carbonyl (C=O) groups excluding carboxylic acids is 2. The van der Waals surface area contributed by atoms with Gasteiger partial charge in [0, 0.05) is 18.0 Å². The normalized spacial score (nSPS) is 14.6. The molecule has 1 aliphatic heterocycles. The average molecular weight is 451 g/mol. The third kappa shape index (κ3) is 5.36. The summed E-state index contributed by atoms with van der Waals surface area (Å²) in [7, 11) is 0. The minimum atomic E-state index is -0.634. The first-order valence-electron chi connectivity index (χ1n) is 10.6. The van der Waals surface area contributed by atoms with Crippen molar-refractivity contribution in [2.45, 2.75) is 19.6 Å². The molecule has 3 aromatic rings. The fourth-order valence-electron chi connectivity index (χ4n) is 3.50. The van der Waals surface area contributed by atoms with Crippen molar-refractivity contribution in [3.63, 3.8) is 0 Å². The van der Waals surface area contributed by atoms with Gasteiger partial charge in [0.2, 0.25) is 5.91 Å². The first-order valence-corrected chi connectivity index (χ1v) is 11.5. The number of carbonyl (C=O) groups is 2. The fraction of sp³-hybridized carbons (Fsp3) is 0.280. The Kier molecular flexibility index (Phi) is 7.19. The van der Waals surface area contributed by atoms with Crippen molar-refractivity contribution in [3.8, 4) is 16.2 Å². The molecule has 2 heterocycles. The molecular formula is C25H26N2O4S. The standard InChI is InChI=1S/C25H26N2O4S/c1-18(25(29)27-12-14-30-15-13-27)26-24(28)23-21(31-17-19-8-4-2-5-9-19)16-22(32-23)20-10-6-3-7-11-20/h2-11,16,18H,12-15,17H2,1H3,(H,26,28). The van der Waals surface area contributed by atoms with Crippen molar-refractivity contribution < 1.29 is 19.1 Å². The highest BCUT2D eigenvalue weighted by molar-refractivity contribution is 7.17. The van der Waals surface area contributed by atoms with Gasteiger partial charge < -0.3 is 19.7 Å². The van der Waals surface area contributed by atoms with Crippen molar-refractivity contribution in [1.82, 2.24) is 10.2 Å². The SMILES string of the molecule is CC(NC(=O)c1sc(-c2ccccc2)cc1OCc1ccccc1)C(=O)N1CCOCC1. The summed E-state index contributed by atoms with van der Waals surface area (Å²) < 4.78 is 11.4. The molecule has 1 aliphatic rings. The number of nitrogens with zero attached hydrogens (tertiary/aromatic N) is 1. The van der Waals surface area contributed by atoms with Crippen LogP contribution in [0.5, 0.6) is 5.75 Å². The van der Waals surface area contributed by atoms with Crippen molar-refractivity contribution in [1.29, 1.82) is 0 Å². The number of morpholine rings is 1. The van der Waals surface area contributed by atoms with Gasteiger partial charge in [-0.15, -0.1) is 11.3 Å². The maximum Gasteiger partial charge on any atom is 0.265 e. The smallest absolute Gasteiger partial charge is 0.265 e. The van der Waals surface area contributed by atoms with Crippen LogP contribution in [0.15, 0.2) is 66.7 Å². The molecule has 32 heavy (non-hydrogen) atoms. The van der Waals surface area contributed by atoms with Crippen molar-refractivity contribution in [2.24, 2.45) is 0 Å². The summed E-state index contributed by atoms with van der Waals surface area (Å²) >= 11 is 1.36. The molecule has 4 rings (SSSR count). The van der Waals surface area contributed by atoms with E-state index in [2.05, 4.69) is 5.32 Å². The van der Waals surface area contributed by atoms with Crippen LogP contribution in [0.25, 0.3) is 10.4 Å². The van der Waals surface area contributed by atoms with Crippen molar-refractivity contribution in [2.75, 3.05) is 26.3 Å². The molecule has 1 N–H and O–H groups in total. The molecule has 7 heteroatoms. The molecule has 0 bridgehead atoms. The fourth-order valence-corrected chi connectivity index (χ4v) is 4.51. The lowest BCUT2D eigenvalue weighted by Gasteiger charge is -2.29. The van der Waals surface area contributed by atoms with E-state index in [-0.39, 0.29) is 11.8 Å². The number of hydrogen-bond acceptors (Lipinski definition) is 5. The van der Waals surface area contributed by atoms with Crippen LogP contribution in [0.2, 0.25) is 0 Å². The molecule has 1 atom stereocenters. The number of nitrogens with one attached hydrogen (secondary N) is 1. The highest BCUT2D eigenvalue weighted by atomic mass is 32.1. The predicted molar refractivity (Wildman–Crippen MR) is 125 cm³/mol. The zero-order chi connectivity index (χ0) is 22.3. The Morgan fingerprint density at radius 3 is 2.41 bits per heavy atom. The second-order valence-electron chi connectivity index (χ2n) is 7.58. The minimum Gasteiger partial charge on any atom is -0.487 e. The number of amides is 2. The maximum absolute atomic E-state index is 13.1. The zero-order valence-corrected chi connectivity index (χ0v) is 18.8. The first-order chi connectivity index (χ1) is 15.6. The minimum absolute atomic E-state index is 0.103. The van der Waals surface area contributed by atoms with E-state index >= 15 is 0 Å². The van der Waals surface area contributed by atoms with E-state index in [0.29, 0.717) is 43.5 Å². The van der Waals surface area contributed by atoms with Crippen LogP contribution in [0.3, 0.4) is 0 Å². The number of benzene rings is 2. The molecule has 2 amide bonds. The van der Waals surface area contributed by atoms with Gasteiger partial charge in [-0.1, -0.05) is 60.7 Å². The summed E-state index contributed by atoms with van der Waals surface area (Å²) in [5.74, 6) is 0.101. The molecule has 0 radical (unpaired) electrons. The summed E-state index contributed by atoms with van der Waals surface area (Å²) in [6.07, 6.45) is 0. The van der Waals surface area contributed by atoms with Crippen molar-refractivity contribution in [3.05, 3.63) is 77.2 Å². The van der Waals surface area contributed by atoms with E-state index < -0.39 is 6.04 Å². The van der Waals surface area contributed by atoms with Gasteiger partial charge in [0.05, 0.1) is 13.2 Å². The van der Waals surface area contributed by atoms with Gasteiger partial charge in [0.15, 0.2) is 0 Å². The number of thiophene rings is 1. The van der Waals surface area contributed by atoms with E-state index in [1.165, 1.54) is 11.3 Å². The van der Waals surface area contributed by atoms with Crippen LogP contribution in [-0.4, -0.2) is 49.1 Å². The van der Waals surface area contributed by atoms with Gasteiger partial charge in [-0.05, 0) is 24.1 Å². The lowest BCUT2D eigenvalue weighted by Crippen LogP contribution is -2.50.